The molecule has 2 aromatic carbocycles. The van der Waals surface area contributed by atoms with Gasteiger partial charge in [0.15, 0.2) is 0 Å². The molecule has 1 heterocycles. The third-order valence-corrected chi connectivity index (χ3v) is 8.09. The number of rotatable bonds is 8. The van der Waals surface area contributed by atoms with Gasteiger partial charge in [0.2, 0.25) is 15.9 Å². The number of carbonyl (C=O) groups excluding carboxylic acids is 2. The number of anilines is 1. The summed E-state index contributed by atoms with van der Waals surface area (Å²) in [6.45, 7) is 6.50. The van der Waals surface area contributed by atoms with E-state index in [4.69, 9.17) is 0 Å². The molecule has 3 rings (SSSR count). The Kier molecular flexibility index (Phi) is 8.26. The highest BCUT2D eigenvalue weighted by Crippen LogP contribution is 2.25. The van der Waals surface area contributed by atoms with Crippen molar-refractivity contribution in [2.75, 3.05) is 18.4 Å². The van der Waals surface area contributed by atoms with Gasteiger partial charge in [-0.2, -0.15) is 4.31 Å². The van der Waals surface area contributed by atoms with Crippen LogP contribution in [0.5, 0.6) is 0 Å². The van der Waals surface area contributed by atoms with E-state index in [1.54, 1.807) is 23.4 Å². The summed E-state index contributed by atoms with van der Waals surface area (Å²) in [7, 11) is -3.60. The van der Waals surface area contributed by atoms with Crippen LogP contribution in [0.4, 0.5) is 5.69 Å². The fourth-order valence-corrected chi connectivity index (χ4v) is 5.82. The van der Waals surface area contributed by atoms with Crippen LogP contribution < -0.4 is 5.32 Å². The third kappa shape index (κ3) is 5.81. The van der Waals surface area contributed by atoms with Crippen molar-refractivity contribution in [2.24, 2.45) is 0 Å². The molecule has 0 aromatic heterocycles. The number of nitrogens with zero attached hydrogens (tertiary/aromatic N) is 2. The highest BCUT2D eigenvalue weighted by molar-refractivity contribution is 7.89. The van der Waals surface area contributed by atoms with Gasteiger partial charge in [0.25, 0.3) is 5.91 Å². The molecule has 2 unspecified atom stereocenters. The first-order valence-electron chi connectivity index (χ1n) is 11.5. The molecule has 0 saturated carbocycles. The van der Waals surface area contributed by atoms with Crippen molar-refractivity contribution in [3.05, 3.63) is 60.2 Å². The van der Waals surface area contributed by atoms with E-state index in [-0.39, 0.29) is 22.8 Å². The Labute approximate surface area is 196 Å². The number of para-hydroxylation sites is 1. The van der Waals surface area contributed by atoms with E-state index in [9.17, 15) is 18.0 Å². The molecule has 1 N–H and O–H groups in total. The maximum absolute atomic E-state index is 13.2. The molecule has 2 amide bonds. The SMILES string of the molecule is CCCN(C(=O)c1ccc(S(=O)(=O)N2CCCCC2C)cc1)C(C)C(=O)Nc1ccccc1. The molecular weight excluding hydrogens is 438 g/mol. The zero-order valence-corrected chi connectivity index (χ0v) is 20.3. The maximum atomic E-state index is 13.2. The molecule has 7 nitrogen and oxygen atoms in total. The van der Waals surface area contributed by atoms with Crippen molar-refractivity contribution in [3.63, 3.8) is 0 Å². The fraction of sp³-hybridized carbons (Fsp3) is 0.440. The number of benzene rings is 2. The first-order valence-corrected chi connectivity index (χ1v) is 13.0. The van der Waals surface area contributed by atoms with Crippen LogP contribution in [0.2, 0.25) is 0 Å². The zero-order chi connectivity index (χ0) is 24.0. The van der Waals surface area contributed by atoms with E-state index < -0.39 is 16.1 Å². The third-order valence-electron chi connectivity index (χ3n) is 6.06. The van der Waals surface area contributed by atoms with Crippen LogP contribution in [0.1, 0.15) is 56.8 Å². The lowest BCUT2D eigenvalue weighted by atomic mass is 10.1. The normalized spacial score (nSPS) is 17.8. The highest BCUT2D eigenvalue weighted by atomic mass is 32.2. The molecule has 0 radical (unpaired) electrons. The van der Waals surface area contributed by atoms with Gasteiger partial charge >= 0.3 is 0 Å². The van der Waals surface area contributed by atoms with E-state index in [0.29, 0.717) is 30.8 Å². The standard InChI is InChI=1S/C25H33N3O4S/c1-4-17-27(20(3)24(29)26-22-11-6-5-7-12-22)25(30)21-13-15-23(16-14-21)33(31,32)28-18-9-8-10-19(28)2/h5-7,11-16,19-20H,4,8-10,17-18H2,1-3H3,(H,26,29). The molecule has 0 aliphatic carbocycles. The van der Waals surface area contributed by atoms with Gasteiger partial charge < -0.3 is 10.2 Å². The van der Waals surface area contributed by atoms with Crippen LogP contribution in [0, 0.1) is 0 Å². The van der Waals surface area contributed by atoms with Crippen molar-refractivity contribution in [3.8, 4) is 0 Å². The zero-order valence-electron chi connectivity index (χ0n) is 19.5. The molecule has 1 aliphatic heterocycles. The fourth-order valence-electron chi connectivity index (χ4n) is 4.12. The quantitative estimate of drug-likeness (QED) is 0.627. The molecule has 0 spiro atoms. The van der Waals surface area contributed by atoms with E-state index in [2.05, 4.69) is 5.32 Å². The van der Waals surface area contributed by atoms with Gasteiger partial charge in [-0.05, 0) is 69.5 Å². The number of nitrogens with one attached hydrogen (secondary N) is 1. The first kappa shape index (κ1) is 24.9. The molecule has 8 heteroatoms. The number of hydrogen-bond donors (Lipinski definition) is 1. The Morgan fingerprint density at radius 2 is 1.76 bits per heavy atom. The minimum atomic E-state index is -3.60. The van der Waals surface area contributed by atoms with Crippen LogP contribution in [0.15, 0.2) is 59.5 Å². The molecule has 0 bridgehead atoms. The number of hydrogen-bond acceptors (Lipinski definition) is 4. The lowest BCUT2D eigenvalue weighted by molar-refractivity contribution is -0.120. The second kappa shape index (κ2) is 10.9. The van der Waals surface area contributed by atoms with Gasteiger partial charge in [0.1, 0.15) is 6.04 Å². The summed E-state index contributed by atoms with van der Waals surface area (Å²) in [4.78, 5) is 27.7. The van der Waals surface area contributed by atoms with Crippen LogP contribution in [-0.4, -0.2) is 54.6 Å². The van der Waals surface area contributed by atoms with Gasteiger partial charge in [-0.1, -0.05) is 31.5 Å². The number of piperidine rings is 1. The van der Waals surface area contributed by atoms with Gasteiger partial charge in [-0.25, -0.2) is 8.42 Å². The topological polar surface area (TPSA) is 86.8 Å². The summed E-state index contributed by atoms with van der Waals surface area (Å²) >= 11 is 0. The monoisotopic (exact) mass is 471 g/mol. The van der Waals surface area contributed by atoms with Crippen LogP contribution in [0.25, 0.3) is 0 Å². The predicted octanol–water partition coefficient (Wildman–Crippen LogP) is 4.13. The van der Waals surface area contributed by atoms with Crippen molar-refractivity contribution in [2.45, 2.75) is 63.4 Å². The van der Waals surface area contributed by atoms with Gasteiger partial charge in [0.05, 0.1) is 4.90 Å². The van der Waals surface area contributed by atoms with Crippen molar-refractivity contribution in [1.29, 1.82) is 0 Å². The van der Waals surface area contributed by atoms with Gasteiger partial charge in [0, 0.05) is 30.4 Å². The lowest BCUT2D eigenvalue weighted by Gasteiger charge is -2.32. The van der Waals surface area contributed by atoms with E-state index in [1.165, 1.54) is 29.2 Å². The highest BCUT2D eigenvalue weighted by Gasteiger charge is 2.31. The largest absolute Gasteiger partial charge is 0.327 e. The Bertz CT molecular complexity index is 1050. The smallest absolute Gasteiger partial charge is 0.254 e. The molecular formula is C25H33N3O4S. The van der Waals surface area contributed by atoms with Crippen LogP contribution in [-0.2, 0) is 14.8 Å². The maximum Gasteiger partial charge on any atom is 0.254 e. The molecule has 33 heavy (non-hydrogen) atoms. The summed E-state index contributed by atoms with van der Waals surface area (Å²) in [5.41, 5.74) is 1.02. The molecule has 1 saturated heterocycles. The molecule has 2 aromatic rings. The summed E-state index contributed by atoms with van der Waals surface area (Å²) in [6.07, 6.45) is 3.43. The van der Waals surface area contributed by atoms with Gasteiger partial charge in [-0.15, -0.1) is 0 Å². The average molecular weight is 472 g/mol. The number of carbonyl (C=O) groups is 2. The van der Waals surface area contributed by atoms with Crippen molar-refractivity contribution >= 4 is 27.5 Å². The summed E-state index contributed by atoms with van der Waals surface area (Å²) in [5, 5.41) is 2.84. The molecule has 1 aliphatic rings. The minimum absolute atomic E-state index is 0.0333. The Balaban J connectivity index is 1.76. The van der Waals surface area contributed by atoms with Crippen molar-refractivity contribution in [1.82, 2.24) is 9.21 Å². The van der Waals surface area contributed by atoms with E-state index >= 15 is 0 Å². The van der Waals surface area contributed by atoms with Gasteiger partial charge in [-0.3, -0.25) is 9.59 Å². The summed E-state index contributed by atoms with van der Waals surface area (Å²) in [5.74, 6) is -0.580. The predicted molar refractivity (Wildman–Crippen MR) is 130 cm³/mol. The van der Waals surface area contributed by atoms with E-state index in [1.807, 2.05) is 32.0 Å². The molecule has 178 valence electrons. The molecule has 1 fully saturated rings. The average Bonchev–Trinajstić information content (AvgIpc) is 2.82. The number of sulfonamides is 1. The van der Waals surface area contributed by atoms with Crippen LogP contribution in [0.3, 0.4) is 0 Å². The second-order valence-electron chi connectivity index (χ2n) is 8.51. The Morgan fingerprint density at radius 1 is 1.09 bits per heavy atom. The summed E-state index contributed by atoms with van der Waals surface area (Å²) in [6, 6.07) is 14.4. The number of amides is 2. The summed E-state index contributed by atoms with van der Waals surface area (Å²) < 4.78 is 27.7. The van der Waals surface area contributed by atoms with Crippen LogP contribution >= 0.6 is 0 Å². The van der Waals surface area contributed by atoms with E-state index in [0.717, 1.165) is 19.3 Å². The lowest BCUT2D eigenvalue weighted by Crippen LogP contribution is -2.46. The Morgan fingerprint density at radius 3 is 2.36 bits per heavy atom. The minimum Gasteiger partial charge on any atom is -0.327 e. The second-order valence-corrected chi connectivity index (χ2v) is 10.4. The van der Waals surface area contributed by atoms with Crippen molar-refractivity contribution < 1.29 is 18.0 Å². The molecule has 2 atom stereocenters. The Hall–Kier alpha value is -2.71. The first-order chi connectivity index (χ1) is 15.8.